The second kappa shape index (κ2) is 7.73. The number of aliphatic hydroxyl groups is 1. The van der Waals surface area contributed by atoms with Gasteiger partial charge in [0.1, 0.15) is 11.1 Å². The van der Waals surface area contributed by atoms with E-state index in [1.807, 2.05) is 59.2 Å². The summed E-state index contributed by atoms with van der Waals surface area (Å²) in [7, 11) is -3.28. The van der Waals surface area contributed by atoms with Crippen LogP contribution in [0.4, 0.5) is 0 Å². The van der Waals surface area contributed by atoms with Crippen molar-refractivity contribution in [3.8, 4) is 0 Å². The van der Waals surface area contributed by atoms with Crippen molar-refractivity contribution in [3.63, 3.8) is 0 Å². The second-order valence-electron chi connectivity index (χ2n) is 8.35. The lowest BCUT2D eigenvalue weighted by Crippen LogP contribution is -2.37. The number of sulfone groups is 1. The van der Waals surface area contributed by atoms with Crippen molar-refractivity contribution in [2.75, 3.05) is 11.5 Å². The van der Waals surface area contributed by atoms with E-state index < -0.39 is 21.0 Å². The predicted molar refractivity (Wildman–Crippen MR) is 124 cm³/mol. The number of benzene rings is 3. The number of aromatic nitrogens is 2. The molecule has 0 bridgehead atoms. The van der Waals surface area contributed by atoms with Crippen molar-refractivity contribution >= 4 is 9.84 Å². The average molecular weight is 445 g/mol. The Balaban J connectivity index is 1.78. The van der Waals surface area contributed by atoms with Gasteiger partial charge in [-0.3, -0.25) is 0 Å². The monoisotopic (exact) mass is 444 g/mol. The van der Waals surface area contributed by atoms with E-state index >= 15 is 0 Å². The molecule has 2 heterocycles. The topological polar surface area (TPSA) is 72.2 Å². The van der Waals surface area contributed by atoms with E-state index in [-0.39, 0.29) is 17.9 Å². The first kappa shape index (κ1) is 20.7. The summed E-state index contributed by atoms with van der Waals surface area (Å²) in [5.41, 5.74) is 1.26. The maximum absolute atomic E-state index is 12.1. The molecule has 162 valence electrons. The number of imidazole rings is 1. The van der Waals surface area contributed by atoms with Gasteiger partial charge >= 0.3 is 0 Å². The highest BCUT2D eigenvalue weighted by molar-refractivity contribution is 7.91. The smallest absolute Gasteiger partial charge is 0.153 e. The fourth-order valence-corrected chi connectivity index (χ4v) is 6.58. The first-order valence-electron chi connectivity index (χ1n) is 10.6. The summed E-state index contributed by atoms with van der Waals surface area (Å²) < 4.78 is 26.2. The first-order valence-corrected chi connectivity index (χ1v) is 12.4. The molecule has 0 radical (unpaired) electrons. The van der Waals surface area contributed by atoms with Gasteiger partial charge < -0.3 is 9.67 Å². The SMILES string of the molecule is O=S1(=O)CCC(O)(c2cn(C(c3ccccc3)(c3ccccc3)c3ccccc3)cn2)C1. The molecule has 5 nitrogen and oxygen atoms in total. The highest BCUT2D eigenvalue weighted by Gasteiger charge is 2.45. The first-order chi connectivity index (χ1) is 15.4. The Bertz CT molecular complexity index is 1220. The Morgan fingerprint density at radius 2 is 1.28 bits per heavy atom. The molecule has 5 rings (SSSR count). The van der Waals surface area contributed by atoms with Crippen LogP contribution in [-0.2, 0) is 21.0 Å². The van der Waals surface area contributed by atoms with Crippen LogP contribution in [0.5, 0.6) is 0 Å². The van der Waals surface area contributed by atoms with E-state index in [0.717, 1.165) is 16.7 Å². The summed E-state index contributed by atoms with van der Waals surface area (Å²) in [5.74, 6) is -0.330. The zero-order valence-electron chi connectivity index (χ0n) is 17.5. The lowest BCUT2D eigenvalue weighted by Gasteiger charge is -2.37. The molecule has 0 saturated carbocycles. The summed E-state index contributed by atoms with van der Waals surface area (Å²) in [6, 6.07) is 30.4. The summed E-state index contributed by atoms with van der Waals surface area (Å²) in [6.07, 6.45) is 3.65. The van der Waals surface area contributed by atoms with Crippen molar-refractivity contribution < 1.29 is 13.5 Å². The van der Waals surface area contributed by atoms with E-state index in [1.54, 1.807) is 12.5 Å². The van der Waals surface area contributed by atoms with Crippen molar-refractivity contribution in [1.29, 1.82) is 0 Å². The second-order valence-corrected chi connectivity index (χ2v) is 10.5. The minimum atomic E-state index is -3.28. The molecule has 1 atom stereocenters. The zero-order valence-corrected chi connectivity index (χ0v) is 18.3. The normalized spacial score (nSPS) is 20.3. The summed E-state index contributed by atoms with van der Waals surface area (Å²) >= 11 is 0. The molecule has 6 heteroatoms. The molecule has 32 heavy (non-hydrogen) atoms. The molecular formula is C26H24N2O3S. The van der Waals surface area contributed by atoms with Gasteiger partial charge in [0.2, 0.25) is 0 Å². The average Bonchev–Trinajstić information content (AvgIpc) is 3.42. The maximum Gasteiger partial charge on any atom is 0.153 e. The van der Waals surface area contributed by atoms with Crippen LogP contribution >= 0.6 is 0 Å². The Kier molecular flexibility index (Phi) is 4.99. The maximum atomic E-state index is 12.1. The van der Waals surface area contributed by atoms with Gasteiger partial charge in [-0.25, -0.2) is 13.4 Å². The van der Waals surface area contributed by atoms with Crippen molar-refractivity contribution in [3.05, 3.63) is 126 Å². The summed E-state index contributed by atoms with van der Waals surface area (Å²) in [5, 5.41) is 11.1. The van der Waals surface area contributed by atoms with Gasteiger partial charge in [0, 0.05) is 6.20 Å². The minimum absolute atomic E-state index is 0.0302. The molecular weight excluding hydrogens is 420 g/mol. The molecule has 3 aromatic carbocycles. The lowest BCUT2D eigenvalue weighted by atomic mass is 9.76. The minimum Gasteiger partial charge on any atom is -0.382 e. The van der Waals surface area contributed by atoms with Crippen LogP contribution in [-0.4, -0.2) is 34.6 Å². The van der Waals surface area contributed by atoms with Gasteiger partial charge in [-0.05, 0) is 23.1 Å². The fourth-order valence-electron chi connectivity index (χ4n) is 4.77. The molecule has 1 fully saturated rings. The highest BCUT2D eigenvalue weighted by atomic mass is 32.2. The number of nitrogens with zero attached hydrogens (tertiary/aromatic N) is 2. The molecule has 1 N–H and O–H groups in total. The van der Waals surface area contributed by atoms with E-state index in [2.05, 4.69) is 41.4 Å². The Morgan fingerprint density at radius 1 is 0.812 bits per heavy atom. The molecule has 1 unspecified atom stereocenters. The summed E-state index contributed by atoms with van der Waals surface area (Å²) in [6.45, 7) is 0. The third-order valence-corrected chi connectivity index (χ3v) is 8.05. The van der Waals surface area contributed by atoms with Crippen LogP contribution in [0, 0.1) is 0 Å². The van der Waals surface area contributed by atoms with E-state index in [0.29, 0.717) is 5.69 Å². The molecule has 0 aliphatic carbocycles. The van der Waals surface area contributed by atoms with Gasteiger partial charge in [0.25, 0.3) is 0 Å². The molecule has 1 saturated heterocycles. The van der Waals surface area contributed by atoms with Gasteiger partial charge in [0.05, 0.1) is 23.5 Å². The molecule has 0 spiro atoms. The van der Waals surface area contributed by atoms with Crippen molar-refractivity contribution in [2.24, 2.45) is 0 Å². The number of hydrogen-bond acceptors (Lipinski definition) is 4. The molecule has 4 aromatic rings. The van der Waals surface area contributed by atoms with Gasteiger partial charge in [-0.1, -0.05) is 91.0 Å². The molecule has 1 aromatic heterocycles. The fraction of sp³-hybridized carbons (Fsp3) is 0.192. The predicted octanol–water partition coefficient (Wildman–Crippen LogP) is 3.73. The Morgan fingerprint density at radius 3 is 1.69 bits per heavy atom. The third-order valence-electron chi connectivity index (χ3n) is 6.31. The molecule has 0 amide bonds. The zero-order chi connectivity index (χ0) is 22.2. The summed E-state index contributed by atoms with van der Waals surface area (Å²) in [4.78, 5) is 4.53. The van der Waals surface area contributed by atoms with Crippen LogP contribution < -0.4 is 0 Å². The van der Waals surface area contributed by atoms with Crippen LogP contribution in [0.1, 0.15) is 28.8 Å². The Labute approximate surface area is 187 Å². The quantitative estimate of drug-likeness (QED) is 0.476. The van der Waals surface area contributed by atoms with Crippen molar-refractivity contribution in [1.82, 2.24) is 9.55 Å². The van der Waals surface area contributed by atoms with Crippen LogP contribution in [0.3, 0.4) is 0 Å². The Hall–Kier alpha value is -3.22. The largest absolute Gasteiger partial charge is 0.382 e. The molecule has 1 aliphatic heterocycles. The number of hydrogen-bond donors (Lipinski definition) is 1. The standard InChI is InChI=1S/C26H24N2O3S/c29-25(16-17-32(30,31)19-25)24-18-28(20-27-24)26(21-10-4-1-5-11-21,22-12-6-2-7-13-22)23-14-8-3-9-15-23/h1-15,18,20,29H,16-17,19H2. The van der Waals surface area contributed by atoms with E-state index in [1.165, 1.54) is 0 Å². The van der Waals surface area contributed by atoms with Crippen LogP contribution in [0.2, 0.25) is 0 Å². The lowest BCUT2D eigenvalue weighted by molar-refractivity contribution is 0.0609. The van der Waals surface area contributed by atoms with Gasteiger partial charge in [-0.2, -0.15) is 0 Å². The van der Waals surface area contributed by atoms with Crippen molar-refractivity contribution in [2.45, 2.75) is 17.6 Å². The van der Waals surface area contributed by atoms with Gasteiger partial charge in [0.15, 0.2) is 9.84 Å². The number of rotatable bonds is 5. The third kappa shape index (κ3) is 3.36. The van der Waals surface area contributed by atoms with E-state index in [9.17, 15) is 13.5 Å². The highest BCUT2D eigenvalue weighted by Crippen LogP contribution is 2.42. The van der Waals surface area contributed by atoms with Gasteiger partial charge in [-0.15, -0.1) is 0 Å². The molecule has 1 aliphatic rings. The van der Waals surface area contributed by atoms with Crippen LogP contribution in [0.25, 0.3) is 0 Å². The van der Waals surface area contributed by atoms with Crippen LogP contribution in [0.15, 0.2) is 104 Å². The van der Waals surface area contributed by atoms with E-state index in [4.69, 9.17) is 0 Å².